The number of carbonyl (C=O) groups excluding carboxylic acids is 1. The van der Waals surface area contributed by atoms with E-state index >= 15 is 0 Å². The molecule has 2 heterocycles. The van der Waals surface area contributed by atoms with Crippen LogP contribution in [-0.4, -0.2) is 35.3 Å². The third-order valence-electron chi connectivity index (χ3n) is 4.02. The summed E-state index contributed by atoms with van der Waals surface area (Å²) in [6.45, 7) is 3.54. The van der Waals surface area contributed by atoms with E-state index in [1.54, 1.807) is 6.07 Å². The zero-order valence-corrected chi connectivity index (χ0v) is 13.5. The van der Waals surface area contributed by atoms with Crippen molar-refractivity contribution in [3.8, 4) is 0 Å². The minimum Gasteiger partial charge on any atom is -0.465 e. The summed E-state index contributed by atoms with van der Waals surface area (Å²) >= 11 is 6.43. The standard InChI is InChI=1S/C16H19ClN2O3/c1-3-12(17)15-18-13-5-4-10(16(20)21-2)8-14(13)19(15)9-11-6-7-22-11/h4-5,8,11-12H,3,6-7,9H2,1-2H3/t11-,12-/m0/s1. The molecule has 0 amide bonds. The Morgan fingerprint density at radius 3 is 2.95 bits per heavy atom. The molecule has 0 radical (unpaired) electrons. The quantitative estimate of drug-likeness (QED) is 0.626. The summed E-state index contributed by atoms with van der Waals surface area (Å²) < 4.78 is 12.4. The Bertz CT molecular complexity index is 694. The molecule has 3 rings (SSSR count). The van der Waals surface area contributed by atoms with Gasteiger partial charge in [0.25, 0.3) is 0 Å². The lowest BCUT2D eigenvalue weighted by Gasteiger charge is -2.28. The summed E-state index contributed by atoms with van der Waals surface area (Å²) in [4.78, 5) is 16.4. The van der Waals surface area contributed by atoms with Crippen LogP contribution in [0, 0.1) is 0 Å². The highest BCUT2D eigenvalue weighted by atomic mass is 35.5. The first-order chi connectivity index (χ1) is 10.6. The highest BCUT2D eigenvalue weighted by Gasteiger charge is 2.24. The Labute approximate surface area is 134 Å². The fourth-order valence-electron chi connectivity index (χ4n) is 2.63. The molecule has 1 aromatic carbocycles. The molecule has 0 bridgehead atoms. The molecule has 118 valence electrons. The van der Waals surface area contributed by atoms with Gasteiger partial charge in [-0.3, -0.25) is 0 Å². The number of carbonyl (C=O) groups is 1. The first kappa shape index (κ1) is 15.3. The van der Waals surface area contributed by atoms with Crippen molar-refractivity contribution in [1.82, 2.24) is 9.55 Å². The van der Waals surface area contributed by atoms with Gasteiger partial charge in [-0.05, 0) is 31.0 Å². The molecule has 1 aliphatic rings. The molecule has 2 aromatic rings. The van der Waals surface area contributed by atoms with Gasteiger partial charge in [-0.15, -0.1) is 11.6 Å². The number of ether oxygens (including phenoxy) is 2. The van der Waals surface area contributed by atoms with Crippen LogP contribution in [0.25, 0.3) is 11.0 Å². The molecule has 0 unspecified atom stereocenters. The number of rotatable bonds is 5. The Morgan fingerprint density at radius 1 is 1.59 bits per heavy atom. The zero-order valence-electron chi connectivity index (χ0n) is 12.7. The SMILES string of the molecule is CC[C@H](Cl)c1nc2ccc(C(=O)OC)cc2n1C[C@@H]1CCO1. The molecule has 0 N–H and O–H groups in total. The molecule has 5 nitrogen and oxygen atoms in total. The van der Waals surface area contributed by atoms with Crippen molar-refractivity contribution in [1.29, 1.82) is 0 Å². The molecule has 0 saturated carbocycles. The summed E-state index contributed by atoms with van der Waals surface area (Å²) in [6.07, 6.45) is 2.02. The molecule has 2 atom stereocenters. The van der Waals surface area contributed by atoms with Gasteiger partial charge in [0.1, 0.15) is 5.82 Å². The third-order valence-corrected chi connectivity index (χ3v) is 4.52. The maximum atomic E-state index is 11.8. The van der Waals surface area contributed by atoms with E-state index in [4.69, 9.17) is 21.1 Å². The molecule has 0 spiro atoms. The van der Waals surface area contributed by atoms with Crippen molar-refractivity contribution in [2.45, 2.75) is 37.8 Å². The van der Waals surface area contributed by atoms with E-state index in [0.717, 1.165) is 36.3 Å². The second kappa shape index (κ2) is 6.26. The Morgan fingerprint density at radius 2 is 2.36 bits per heavy atom. The number of hydrogen-bond acceptors (Lipinski definition) is 4. The minimum atomic E-state index is -0.353. The number of esters is 1. The number of nitrogens with zero attached hydrogens (tertiary/aromatic N) is 2. The maximum absolute atomic E-state index is 11.8. The van der Waals surface area contributed by atoms with Gasteiger partial charge in [0, 0.05) is 6.61 Å². The number of hydrogen-bond donors (Lipinski definition) is 0. The molecule has 1 aliphatic heterocycles. The van der Waals surface area contributed by atoms with Crippen molar-refractivity contribution in [2.24, 2.45) is 0 Å². The van der Waals surface area contributed by atoms with E-state index in [2.05, 4.69) is 9.55 Å². The fourth-order valence-corrected chi connectivity index (χ4v) is 2.80. The smallest absolute Gasteiger partial charge is 0.337 e. The maximum Gasteiger partial charge on any atom is 0.337 e. The lowest BCUT2D eigenvalue weighted by molar-refractivity contribution is -0.0590. The number of fused-ring (bicyclic) bond motifs is 1. The molecule has 1 aromatic heterocycles. The third kappa shape index (κ3) is 2.71. The van der Waals surface area contributed by atoms with Crippen LogP contribution in [0.1, 0.15) is 41.3 Å². The van der Waals surface area contributed by atoms with E-state index in [1.807, 2.05) is 19.1 Å². The molecule has 1 saturated heterocycles. The molecular weight excluding hydrogens is 304 g/mol. The van der Waals surface area contributed by atoms with Crippen LogP contribution in [0.15, 0.2) is 18.2 Å². The summed E-state index contributed by atoms with van der Waals surface area (Å²) in [5.41, 5.74) is 2.24. The predicted octanol–water partition coefficient (Wildman–Crippen LogP) is 3.30. The van der Waals surface area contributed by atoms with Crippen molar-refractivity contribution in [3.63, 3.8) is 0 Å². The molecule has 0 aliphatic carbocycles. The number of benzene rings is 1. The molecule has 6 heteroatoms. The van der Waals surface area contributed by atoms with Crippen molar-refractivity contribution in [3.05, 3.63) is 29.6 Å². The lowest BCUT2D eigenvalue weighted by Crippen LogP contribution is -2.31. The highest BCUT2D eigenvalue weighted by molar-refractivity contribution is 6.20. The van der Waals surface area contributed by atoms with Crippen molar-refractivity contribution in [2.75, 3.05) is 13.7 Å². The van der Waals surface area contributed by atoms with E-state index < -0.39 is 0 Å². The Balaban J connectivity index is 2.08. The Kier molecular flexibility index (Phi) is 4.36. The summed E-state index contributed by atoms with van der Waals surface area (Å²) in [5, 5.41) is -0.158. The highest BCUT2D eigenvalue weighted by Crippen LogP contribution is 2.29. The van der Waals surface area contributed by atoms with Crippen LogP contribution in [0.5, 0.6) is 0 Å². The number of alkyl halides is 1. The fraction of sp³-hybridized carbons (Fsp3) is 0.500. The molecular formula is C16H19ClN2O3. The zero-order chi connectivity index (χ0) is 15.7. The molecule has 22 heavy (non-hydrogen) atoms. The summed E-state index contributed by atoms with van der Waals surface area (Å²) in [7, 11) is 1.38. The molecule has 1 fully saturated rings. The van der Waals surface area contributed by atoms with E-state index in [0.29, 0.717) is 12.1 Å². The van der Waals surface area contributed by atoms with Crippen LogP contribution >= 0.6 is 11.6 Å². The van der Waals surface area contributed by atoms with Crippen molar-refractivity contribution >= 4 is 28.6 Å². The average Bonchev–Trinajstić information content (AvgIpc) is 2.86. The predicted molar refractivity (Wildman–Crippen MR) is 84.3 cm³/mol. The number of imidazole rings is 1. The number of methoxy groups -OCH3 is 1. The minimum absolute atomic E-state index is 0.158. The normalized spacial score (nSPS) is 19.0. The number of halogens is 1. The van der Waals surface area contributed by atoms with Gasteiger partial charge in [-0.2, -0.15) is 0 Å². The Hall–Kier alpha value is -1.59. The van der Waals surface area contributed by atoms with Gasteiger partial charge >= 0.3 is 5.97 Å². The average molecular weight is 323 g/mol. The van der Waals surface area contributed by atoms with Gasteiger partial charge in [-0.1, -0.05) is 6.92 Å². The van der Waals surface area contributed by atoms with Gasteiger partial charge in [0.15, 0.2) is 0 Å². The van der Waals surface area contributed by atoms with Crippen LogP contribution < -0.4 is 0 Å². The van der Waals surface area contributed by atoms with E-state index in [9.17, 15) is 4.79 Å². The van der Waals surface area contributed by atoms with Gasteiger partial charge in [0.2, 0.25) is 0 Å². The summed E-state index contributed by atoms with van der Waals surface area (Å²) in [6, 6.07) is 5.38. The monoisotopic (exact) mass is 322 g/mol. The second-order valence-corrected chi connectivity index (χ2v) is 5.96. The topological polar surface area (TPSA) is 53.3 Å². The van der Waals surface area contributed by atoms with Crippen LogP contribution in [0.2, 0.25) is 0 Å². The first-order valence-corrected chi connectivity index (χ1v) is 7.91. The lowest BCUT2D eigenvalue weighted by atomic mass is 10.1. The van der Waals surface area contributed by atoms with Crippen LogP contribution in [0.3, 0.4) is 0 Å². The van der Waals surface area contributed by atoms with Gasteiger partial charge in [-0.25, -0.2) is 9.78 Å². The largest absolute Gasteiger partial charge is 0.465 e. The van der Waals surface area contributed by atoms with E-state index in [-0.39, 0.29) is 17.5 Å². The second-order valence-electron chi connectivity index (χ2n) is 5.43. The van der Waals surface area contributed by atoms with Crippen LogP contribution in [-0.2, 0) is 16.0 Å². The van der Waals surface area contributed by atoms with Gasteiger partial charge < -0.3 is 14.0 Å². The van der Waals surface area contributed by atoms with Crippen molar-refractivity contribution < 1.29 is 14.3 Å². The number of aromatic nitrogens is 2. The first-order valence-electron chi connectivity index (χ1n) is 7.48. The van der Waals surface area contributed by atoms with Gasteiger partial charge in [0.05, 0.1) is 41.7 Å². The summed E-state index contributed by atoms with van der Waals surface area (Å²) in [5.74, 6) is 0.477. The van der Waals surface area contributed by atoms with Crippen LogP contribution in [0.4, 0.5) is 0 Å². The van der Waals surface area contributed by atoms with E-state index in [1.165, 1.54) is 7.11 Å².